The standard InChI is InChI=1S/C22H23ClN4OS/c23-19-10-8-16(9-11-19)13-20-25-26-22(29-20)27-12-4-5-17(15-27)14-24-21(28)18-6-2-1-3-7-18/h1-3,6-11,17H,4-5,12-15H2,(H,24,28). The number of nitrogens with one attached hydrogen (secondary N) is 1. The van der Waals surface area contributed by atoms with Crippen LogP contribution in [-0.2, 0) is 6.42 Å². The molecule has 0 spiro atoms. The van der Waals surface area contributed by atoms with E-state index in [0.29, 0.717) is 18.0 Å². The molecule has 5 nitrogen and oxygen atoms in total. The SMILES string of the molecule is O=C(NCC1CCCN(c2nnc(Cc3ccc(Cl)cc3)s2)C1)c1ccccc1. The zero-order valence-corrected chi connectivity index (χ0v) is 17.6. The van der Waals surface area contributed by atoms with Crippen LogP contribution in [-0.4, -0.2) is 35.7 Å². The van der Waals surface area contributed by atoms with Gasteiger partial charge < -0.3 is 10.2 Å². The lowest BCUT2D eigenvalue weighted by atomic mass is 9.98. The van der Waals surface area contributed by atoms with Crippen LogP contribution in [0, 0.1) is 5.92 Å². The van der Waals surface area contributed by atoms with E-state index in [9.17, 15) is 4.79 Å². The molecular weight excluding hydrogens is 404 g/mol. The van der Waals surface area contributed by atoms with E-state index in [0.717, 1.165) is 47.5 Å². The smallest absolute Gasteiger partial charge is 0.251 e. The summed E-state index contributed by atoms with van der Waals surface area (Å²) in [6, 6.07) is 17.2. The molecule has 1 unspecified atom stereocenters. The Kier molecular flexibility index (Phi) is 6.42. The maximum Gasteiger partial charge on any atom is 0.251 e. The summed E-state index contributed by atoms with van der Waals surface area (Å²) in [5, 5.41) is 14.6. The van der Waals surface area contributed by atoms with Crippen LogP contribution in [0.1, 0.15) is 33.8 Å². The molecule has 1 fully saturated rings. The second-order valence-electron chi connectivity index (χ2n) is 7.31. The molecule has 1 N–H and O–H groups in total. The van der Waals surface area contributed by atoms with E-state index < -0.39 is 0 Å². The minimum absolute atomic E-state index is 0.0103. The molecule has 150 valence electrons. The number of halogens is 1. The van der Waals surface area contributed by atoms with Gasteiger partial charge in [-0.05, 0) is 48.6 Å². The highest BCUT2D eigenvalue weighted by atomic mass is 35.5. The zero-order chi connectivity index (χ0) is 20.1. The third-order valence-corrected chi connectivity index (χ3v) is 6.34. The number of aromatic nitrogens is 2. The average Bonchev–Trinajstić information content (AvgIpc) is 3.23. The lowest BCUT2D eigenvalue weighted by Crippen LogP contribution is -2.41. The van der Waals surface area contributed by atoms with Gasteiger partial charge in [-0.2, -0.15) is 0 Å². The van der Waals surface area contributed by atoms with E-state index in [1.54, 1.807) is 11.3 Å². The van der Waals surface area contributed by atoms with E-state index >= 15 is 0 Å². The molecule has 2 aromatic carbocycles. The normalized spacial score (nSPS) is 16.6. The van der Waals surface area contributed by atoms with Gasteiger partial charge in [0, 0.05) is 36.6 Å². The molecule has 1 amide bonds. The lowest BCUT2D eigenvalue weighted by molar-refractivity contribution is 0.0945. The number of rotatable bonds is 6. The number of piperidine rings is 1. The monoisotopic (exact) mass is 426 g/mol. The van der Waals surface area contributed by atoms with Crippen molar-refractivity contribution in [3.63, 3.8) is 0 Å². The first-order valence-electron chi connectivity index (χ1n) is 9.82. The Morgan fingerprint density at radius 3 is 2.72 bits per heavy atom. The van der Waals surface area contributed by atoms with Gasteiger partial charge in [-0.15, -0.1) is 10.2 Å². The quantitative estimate of drug-likeness (QED) is 0.633. The van der Waals surface area contributed by atoms with Gasteiger partial charge in [0.05, 0.1) is 0 Å². The first-order chi connectivity index (χ1) is 14.2. The van der Waals surface area contributed by atoms with Gasteiger partial charge in [0.2, 0.25) is 5.13 Å². The van der Waals surface area contributed by atoms with Gasteiger partial charge >= 0.3 is 0 Å². The molecule has 29 heavy (non-hydrogen) atoms. The average molecular weight is 427 g/mol. The molecule has 0 saturated carbocycles. The topological polar surface area (TPSA) is 58.1 Å². The van der Waals surface area contributed by atoms with Gasteiger partial charge in [0.25, 0.3) is 5.91 Å². The number of benzene rings is 2. The number of anilines is 1. The van der Waals surface area contributed by atoms with Crippen LogP contribution in [0.3, 0.4) is 0 Å². The number of carbonyl (C=O) groups excluding carboxylic acids is 1. The summed E-state index contributed by atoms with van der Waals surface area (Å²) < 4.78 is 0. The molecule has 0 radical (unpaired) electrons. The second kappa shape index (κ2) is 9.37. The molecule has 1 saturated heterocycles. The predicted molar refractivity (Wildman–Crippen MR) is 118 cm³/mol. The summed E-state index contributed by atoms with van der Waals surface area (Å²) >= 11 is 7.60. The summed E-state index contributed by atoms with van der Waals surface area (Å²) in [6.45, 7) is 2.56. The van der Waals surface area contributed by atoms with E-state index in [4.69, 9.17) is 11.6 Å². The summed E-state index contributed by atoms with van der Waals surface area (Å²) in [4.78, 5) is 14.6. The van der Waals surface area contributed by atoms with Gasteiger partial charge in [-0.3, -0.25) is 4.79 Å². The number of carbonyl (C=O) groups is 1. The molecule has 0 bridgehead atoms. The summed E-state index contributed by atoms with van der Waals surface area (Å²) in [5.41, 5.74) is 1.88. The maximum atomic E-state index is 12.3. The van der Waals surface area contributed by atoms with E-state index in [-0.39, 0.29) is 5.91 Å². The minimum Gasteiger partial charge on any atom is -0.352 e. The lowest BCUT2D eigenvalue weighted by Gasteiger charge is -2.32. The third-order valence-electron chi connectivity index (χ3n) is 5.10. The van der Waals surface area contributed by atoms with Gasteiger partial charge in [-0.25, -0.2) is 0 Å². The molecule has 0 aliphatic carbocycles. The molecular formula is C22H23ClN4OS. The Labute approximate surface area is 179 Å². The molecule has 1 atom stereocenters. The number of hydrogen-bond donors (Lipinski definition) is 1. The molecule has 4 rings (SSSR count). The third kappa shape index (κ3) is 5.34. The summed E-state index contributed by atoms with van der Waals surface area (Å²) in [6.07, 6.45) is 2.97. The molecule has 3 aromatic rings. The van der Waals surface area contributed by atoms with Crippen LogP contribution < -0.4 is 10.2 Å². The van der Waals surface area contributed by atoms with Crippen molar-refractivity contribution in [3.05, 3.63) is 75.8 Å². The number of hydrogen-bond acceptors (Lipinski definition) is 5. The predicted octanol–water partition coefficient (Wildman–Crippen LogP) is 4.43. The van der Waals surface area contributed by atoms with E-state index in [1.165, 1.54) is 5.56 Å². The van der Waals surface area contributed by atoms with Gasteiger partial charge in [-0.1, -0.05) is 53.3 Å². The fraction of sp³-hybridized carbons (Fsp3) is 0.318. The Morgan fingerprint density at radius 2 is 1.93 bits per heavy atom. The molecule has 1 aliphatic heterocycles. The fourth-order valence-electron chi connectivity index (χ4n) is 3.55. The van der Waals surface area contributed by atoms with Crippen LogP contribution >= 0.6 is 22.9 Å². The molecule has 7 heteroatoms. The van der Waals surface area contributed by atoms with Crippen molar-refractivity contribution >= 4 is 34.0 Å². The fourth-order valence-corrected chi connectivity index (χ4v) is 4.59. The largest absolute Gasteiger partial charge is 0.352 e. The van der Waals surface area contributed by atoms with Crippen molar-refractivity contribution in [2.75, 3.05) is 24.5 Å². The van der Waals surface area contributed by atoms with Gasteiger partial charge in [0.15, 0.2) is 0 Å². The minimum atomic E-state index is -0.0103. The first-order valence-corrected chi connectivity index (χ1v) is 11.0. The summed E-state index contributed by atoms with van der Waals surface area (Å²) in [5.74, 6) is 0.406. The van der Waals surface area contributed by atoms with Crippen molar-refractivity contribution < 1.29 is 4.79 Å². The highest BCUT2D eigenvalue weighted by Crippen LogP contribution is 2.27. The number of amides is 1. The Balaban J connectivity index is 1.32. The maximum absolute atomic E-state index is 12.3. The van der Waals surface area contributed by atoms with Crippen LogP contribution in [0.15, 0.2) is 54.6 Å². The first kappa shape index (κ1) is 19.9. The molecule has 1 aromatic heterocycles. The van der Waals surface area contributed by atoms with E-state index in [1.807, 2.05) is 54.6 Å². The van der Waals surface area contributed by atoms with Crippen LogP contribution in [0.4, 0.5) is 5.13 Å². The van der Waals surface area contributed by atoms with E-state index in [2.05, 4.69) is 20.4 Å². The van der Waals surface area contributed by atoms with Crippen molar-refractivity contribution in [3.8, 4) is 0 Å². The zero-order valence-electron chi connectivity index (χ0n) is 16.1. The highest BCUT2D eigenvalue weighted by molar-refractivity contribution is 7.15. The van der Waals surface area contributed by atoms with Crippen molar-refractivity contribution in [1.29, 1.82) is 0 Å². The Morgan fingerprint density at radius 1 is 1.14 bits per heavy atom. The van der Waals surface area contributed by atoms with Gasteiger partial charge in [0.1, 0.15) is 5.01 Å². The van der Waals surface area contributed by atoms with Crippen molar-refractivity contribution in [2.24, 2.45) is 5.92 Å². The second-order valence-corrected chi connectivity index (χ2v) is 8.79. The number of nitrogens with zero attached hydrogens (tertiary/aromatic N) is 3. The van der Waals surface area contributed by atoms with Crippen molar-refractivity contribution in [1.82, 2.24) is 15.5 Å². The van der Waals surface area contributed by atoms with Crippen LogP contribution in [0.2, 0.25) is 5.02 Å². The Hall–Kier alpha value is -2.44. The molecule has 2 heterocycles. The Bertz CT molecular complexity index is 945. The van der Waals surface area contributed by atoms with Crippen LogP contribution in [0.5, 0.6) is 0 Å². The summed E-state index contributed by atoms with van der Waals surface area (Å²) in [7, 11) is 0. The van der Waals surface area contributed by atoms with Crippen molar-refractivity contribution in [2.45, 2.75) is 19.3 Å². The molecule has 1 aliphatic rings. The highest BCUT2D eigenvalue weighted by Gasteiger charge is 2.23. The van der Waals surface area contributed by atoms with Crippen LogP contribution in [0.25, 0.3) is 0 Å².